The molecule has 0 aliphatic carbocycles. The van der Waals surface area contributed by atoms with Gasteiger partial charge in [0.1, 0.15) is 12.0 Å². The number of pyridine rings is 1. The molecular formula is C11H14N4O2. The Balaban J connectivity index is 2.88. The molecule has 6 nitrogen and oxygen atoms in total. The van der Waals surface area contributed by atoms with E-state index in [1.54, 1.807) is 6.07 Å². The smallest absolute Gasteiger partial charge is 0.287 e. The largest absolute Gasteiger partial charge is 0.353 e. The monoisotopic (exact) mass is 234 g/mol. The van der Waals surface area contributed by atoms with Gasteiger partial charge in [0.25, 0.3) is 5.69 Å². The molecule has 0 aliphatic rings. The van der Waals surface area contributed by atoms with Gasteiger partial charge in [-0.3, -0.25) is 10.1 Å². The van der Waals surface area contributed by atoms with Crippen molar-refractivity contribution in [2.75, 3.05) is 11.4 Å². The molecule has 0 spiro atoms. The Labute approximate surface area is 99.6 Å². The van der Waals surface area contributed by atoms with E-state index in [0.29, 0.717) is 18.8 Å². The van der Waals surface area contributed by atoms with Crippen LogP contribution < -0.4 is 4.90 Å². The van der Waals surface area contributed by atoms with Crippen LogP contribution in [0.3, 0.4) is 0 Å². The van der Waals surface area contributed by atoms with Crippen molar-refractivity contribution < 1.29 is 4.92 Å². The summed E-state index contributed by atoms with van der Waals surface area (Å²) in [6, 6.07) is 5.29. The minimum absolute atomic E-state index is 0.0299. The number of rotatable bonds is 5. The molecule has 17 heavy (non-hydrogen) atoms. The van der Waals surface area contributed by atoms with Crippen molar-refractivity contribution in [3.05, 3.63) is 28.4 Å². The highest BCUT2D eigenvalue weighted by molar-refractivity contribution is 5.43. The SMILES string of the molecule is CC(C)N(CCC#N)c1ccc([N+](=O)[O-])cn1. The van der Waals surface area contributed by atoms with Gasteiger partial charge in [-0.25, -0.2) is 4.98 Å². The average molecular weight is 234 g/mol. The number of nitrogens with zero attached hydrogens (tertiary/aromatic N) is 4. The van der Waals surface area contributed by atoms with Crippen LogP contribution >= 0.6 is 0 Å². The topological polar surface area (TPSA) is 83.1 Å². The lowest BCUT2D eigenvalue weighted by Crippen LogP contribution is -2.32. The minimum atomic E-state index is -0.480. The molecule has 1 heterocycles. The maximum atomic E-state index is 10.5. The minimum Gasteiger partial charge on any atom is -0.353 e. The second-order valence-electron chi connectivity index (χ2n) is 3.83. The van der Waals surface area contributed by atoms with Crippen molar-refractivity contribution in [2.45, 2.75) is 26.3 Å². The number of anilines is 1. The van der Waals surface area contributed by atoms with Crippen LogP contribution in [0.15, 0.2) is 18.3 Å². The standard InChI is InChI=1S/C11H14N4O2/c1-9(2)14(7-3-6-12)11-5-4-10(8-13-11)15(16)17/h4-5,8-9H,3,7H2,1-2H3. The fraction of sp³-hybridized carbons (Fsp3) is 0.455. The van der Waals surface area contributed by atoms with Gasteiger partial charge in [-0.1, -0.05) is 0 Å². The Morgan fingerprint density at radius 2 is 2.29 bits per heavy atom. The van der Waals surface area contributed by atoms with Crippen molar-refractivity contribution in [2.24, 2.45) is 0 Å². The van der Waals surface area contributed by atoms with Crippen molar-refractivity contribution in [1.82, 2.24) is 4.98 Å². The third-order valence-electron chi connectivity index (χ3n) is 2.33. The van der Waals surface area contributed by atoms with Crippen LogP contribution in [0.2, 0.25) is 0 Å². The van der Waals surface area contributed by atoms with E-state index in [2.05, 4.69) is 11.1 Å². The van der Waals surface area contributed by atoms with Crippen molar-refractivity contribution in [1.29, 1.82) is 5.26 Å². The van der Waals surface area contributed by atoms with E-state index in [1.807, 2.05) is 18.7 Å². The second kappa shape index (κ2) is 5.80. The van der Waals surface area contributed by atoms with E-state index in [9.17, 15) is 10.1 Å². The zero-order valence-corrected chi connectivity index (χ0v) is 9.83. The van der Waals surface area contributed by atoms with Gasteiger partial charge in [0.2, 0.25) is 0 Å². The van der Waals surface area contributed by atoms with E-state index in [-0.39, 0.29) is 11.7 Å². The van der Waals surface area contributed by atoms with Crippen LogP contribution in [0.5, 0.6) is 0 Å². The summed E-state index contributed by atoms with van der Waals surface area (Å²) in [7, 11) is 0. The van der Waals surface area contributed by atoms with E-state index in [1.165, 1.54) is 12.3 Å². The summed E-state index contributed by atoms with van der Waals surface area (Å²) in [5.74, 6) is 0.654. The second-order valence-corrected chi connectivity index (χ2v) is 3.83. The first-order valence-electron chi connectivity index (χ1n) is 5.30. The molecule has 0 amide bonds. The van der Waals surface area contributed by atoms with Crippen LogP contribution in [0.25, 0.3) is 0 Å². The van der Waals surface area contributed by atoms with Gasteiger partial charge in [-0.05, 0) is 19.9 Å². The molecule has 0 saturated heterocycles. The lowest BCUT2D eigenvalue weighted by molar-refractivity contribution is -0.385. The van der Waals surface area contributed by atoms with Crippen LogP contribution in [0.4, 0.5) is 11.5 Å². The lowest BCUT2D eigenvalue weighted by atomic mass is 10.2. The van der Waals surface area contributed by atoms with Crippen molar-refractivity contribution >= 4 is 11.5 Å². The van der Waals surface area contributed by atoms with Crippen LogP contribution in [-0.4, -0.2) is 22.5 Å². The van der Waals surface area contributed by atoms with Crippen molar-refractivity contribution in [3.63, 3.8) is 0 Å². The molecule has 0 saturated carbocycles. The highest BCUT2D eigenvalue weighted by Gasteiger charge is 2.13. The summed E-state index contributed by atoms with van der Waals surface area (Å²) < 4.78 is 0. The summed E-state index contributed by atoms with van der Waals surface area (Å²) >= 11 is 0. The van der Waals surface area contributed by atoms with E-state index >= 15 is 0 Å². The summed E-state index contributed by atoms with van der Waals surface area (Å²) in [6.45, 7) is 4.54. The van der Waals surface area contributed by atoms with E-state index < -0.39 is 4.92 Å². The average Bonchev–Trinajstić information content (AvgIpc) is 2.29. The van der Waals surface area contributed by atoms with Gasteiger partial charge in [0.05, 0.1) is 17.4 Å². The molecule has 6 heteroatoms. The number of hydrogen-bond acceptors (Lipinski definition) is 5. The summed E-state index contributed by atoms with van der Waals surface area (Å²) in [4.78, 5) is 16.0. The third-order valence-corrected chi connectivity index (χ3v) is 2.33. The van der Waals surface area contributed by atoms with E-state index in [0.717, 1.165) is 0 Å². The lowest BCUT2D eigenvalue weighted by Gasteiger charge is -2.26. The quantitative estimate of drug-likeness (QED) is 0.575. The Morgan fingerprint density at radius 3 is 2.71 bits per heavy atom. The molecule has 0 fully saturated rings. The molecule has 0 N–H and O–H groups in total. The van der Waals surface area contributed by atoms with Gasteiger partial charge < -0.3 is 4.90 Å². The van der Waals surface area contributed by atoms with Crippen LogP contribution in [0, 0.1) is 21.4 Å². The Morgan fingerprint density at radius 1 is 1.59 bits per heavy atom. The third kappa shape index (κ3) is 3.41. The van der Waals surface area contributed by atoms with Gasteiger partial charge in [-0.15, -0.1) is 0 Å². The molecule has 0 radical (unpaired) electrons. The van der Waals surface area contributed by atoms with Gasteiger partial charge in [0, 0.05) is 18.7 Å². The predicted octanol–water partition coefficient (Wildman–Crippen LogP) is 2.12. The molecule has 1 aromatic heterocycles. The first kappa shape index (κ1) is 12.9. The molecule has 90 valence electrons. The zero-order valence-electron chi connectivity index (χ0n) is 9.83. The molecule has 0 unspecified atom stereocenters. The molecule has 1 aromatic rings. The molecule has 0 atom stereocenters. The van der Waals surface area contributed by atoms with Crippen LogP contribution in [0.1, 0.15) is 20.3 Å². The molecule has 0 bridgehead atoms. The number of nitriles is 1. The van der Waals surface area contributed by atoms with Gasteiger partial charge >= 0.3 is 0 Å². The Hall–Kier alpha value is -2.16. The van der Waals surface area contributed by atoms with Gasteiger partial charge in [-0.2, -0.15) is 5.26 Å². The molecule has 1 rings (SSSR count). The zero-order chi connectivity index (χ0) is 12.8. The Kier molecular flexibility index (Phi) is 4.40. The summed E-state index contributed by atoms with van der Waals surface area (Å²) in [6.07, 6.45) is 1.63. The number of nitro groups is 1. The van der Waals surface area contributed by atoms with Gasteiger partial charge in [0.15, 0.2) is 0 Å². The fourth-order valence-corrected chi connectivity index (χ4v) is 1.46. The first-order chi connectivity index (χ1) is 8.06. The number of hydrogen-bond donors (Lipinski definition) is 0. The van der Waals surface area contributed by atoms with Crippen molar-refractivity contribution in [3.8, 4) is 6.07 Å². The summed E-state index contributed by atoms with van der Waals surface area (Å²) in [5, 5.41) is 19.1. The fourth-order valence-electron chi connectivity index (χ4n) is 1.46. The highest BCUT2D eigenvalue weighted by Crippen LogP contribution is 2.17. The normalized spacial score (nSPS) is 10.0. The van der Waals surface area contributed by atoms with E-state index in [4.69, 9.17) is 5.26 Å². The summed E-state index contributed by atoms with van der Waals surface area (Å²) in [5.41, 5.74) is -0.0299. The highest BCUT2D eigenvalue weighted by atomic mass is 16.6. The van der Waals surface area contributed by atoms with Crippen LogP contribution in [-0.2, 0) is 0 Å². The predicted molar refractivity (Wildman–Crippen MR) is 63.6 cm³/mol. The maximum Gasteiger partial charge on any atom is 0.287 e. The first-order valence-corrected chi connectivity index (χ1v) is 5.30. The Bertz CT molecular complexity index is 422. The molecule has 0 aliphatic heterocycles. The molecule has 0 aromatic carbocycles. The number of aromatic nitrogens is 1. The molecular weight excluding hydrogens is 220 g/mol. The maximum absolute atomic E-state index is 10.5.